The van der Waals surface area contributed by atoms with E-state index in [2.05, 4.69) is 35.8 Å². The van der Waals surface area contributed by atoms with Crippen LogP contribution in [-0.2, 0) is 6.42 Å². The SMILES string of the molecule is COc1cccc(CCNc2nccc(C(=O)Nc3cnccc3N3CCNCC3)n2)c1. The number of nitrogens with one attached hydrogen (secondary N) is 3. The van der Waals surface area contributed by atoms with Crippen LogP contribution in [0.25, 0.3) is 0 Å². The number of nitrogens with zero attached hydrogens (tertiary/aromatic N) is 4. The number of methoxy groups -OCH3 is 1. The van der Waals surface area contributed by atoms with E-state index in [0.717, 1.165) is 49.6 Å². The summed E-state index contributed by atoms with van der Waals surface area (Å²) in [5, 5.41) is 9.47. The number of aromatic nitrogens is 3. The van der Waals surface area contributed by atoms with Gasteiger partial charge in [-0.3, -0.25) is 9.78 Å². The van der Waals surface area contributed by atoms with Crippen molar-refractivity contribution in [2.45, 2.75) is 6.42 Å². The van der Waals surface area contributed by atoms with Crippen molar-refractivity contribution < 1.29 is 9.53 Å². The molecule has 3 heterocycles. The van der Waals surface area contributed by atoms with E-state index < -0.39 is 0 Å². The number of anilines is 3. The largest absolute Gasteiger partial charge is 0.497 e. The molecule has 166 valence electrons. The van der Waals surface area contributed by atoms with Crippen molar-refractivity contribution in [3.63, 3.8) is 0 Å². The lowest BCUT2D eigenvalue weighted by Gasteiger charge is -2.30. The van der Waals surface area contributed by atoms with Crippen LogP contribution in [0.3, 0.4) is 0 Å². The highest BCUT2D eigenvalue weighted by atomic mass is 16.5. The smallest absolute Gasteiger partial charge is 0.274 e. The molecule has 3 N–H and O–H groups in total. The number of hydrogen-bond donors (Lipinski definition) is 3. The Bertz CT molecular complexity index is 1050. The van der Waals surface area contributed by atoms with Gasteiger partial charge in [0.2, 0.25) is 5.95 Å². The molecule has 1 amide bonds. The van der Waals surface area contributed by atoms with Gasteiger partial charge in [-0.05, 0) is 36.2 Å². The van der Waals surface area contributed by atoms with E-state index in [9.17, 15) is 4.79 Å². The standard InChI is InChI=1S/C23H27N7O2/c1-32-18-4-2-3-17(15-18)5-9-26-23-27-10-6-19(29-23)22(31)28-20-16-25-8-7-21(20)30-13-11-24-12-14-30/h2-4,6-8,10,15-16,24H,5,9,11-14H2,1H3,(H,28,31)(H,26,27,29). The van der Waals surface area contributed by atoms with Crippen molar-refractivity contribution in [3.8, 4) is 5.75 Å². The molecule has 3 aromatic rings. The van der Waals surface area contributed by atoms with E-state index >= 15 is 0 Å². The van der Waals surface area contributed by atoms with E-state index in [1.807, 2.05) is 30.3 Å². The first-order valence-corrected chi connectivity index (χ1v) is 10.6. The summed E-state index contributed by atoms with van der Waals surface area (Å²) < 4.78 is 5.26. The van der Waals surface area contributed by atoms with E-state index in [-0.39, 0.29) is 5.91 Å². The number of carbonyl (C=O) groups excluding carboxylic acids is 1. The van der Waals surface area contributed by atoms with Crippen LogP contribution >= 0.6 is 0 Å². The Balaban J connectivity index is 1.38. The number of pyridine rings is 1. The lowest BCUT2D eigenvalue weighted by atomic mass is 10.1. The molecule has 1 fully saturated rings. The Morgan fingerprint density at radius 2 is 2.06 bits per heavy atom. The topological polar surface area (TPSA) is 104 Å². The average molecular weight is 434 g/mol. The Morgan fingerprint density at radius 3 is 2.91 bits per heavy atom. The Hall–Kier alpha value is -3.72. The number of amides is 1. The van der Waals surface area contributed by atoms with Crippen LogP contribution in [-0.4, -0.2) is 60.7 Å². The summed E-state index contributed by atoms with van der Waals surface area (Å²) in [7, 11) is 1.65. The quantitative estimate of drug-likeness (QED) is 0.497. The van der Waals surface area contributed by atoms with E-state index in [1.165, 1.54) is 0 Å². The van der Waals surface area contributed by atoms with Gasteiger partial charge in [-0.1, -0.05) is 12.1 Å². The zero-order valence-electron chi connectivity index (χ0n) is 18.0. The third-order valence-corrected chi connectivity index (χ3v) is 5.22. The molecule has 0 bridgehead atoms. The second kappa shape index (κ2) is 10.5. The van der Waals surface area contributed by atoms with Crippen molar-refractivity contribution in [1.29, 1.82) is 0 Å². The second-order valence-electron chi connectivity index (χ2n) is 7.38. The first-order valence-electron chi connectivity index (χ1n) is 10.6. The van der Waals surface area contributed by atoms with E-state index in [1.54, 1.807) is 31.8 Å². The fraction of sp³-hybridized carbons (Fsp3) is 0.304. The summed E-state index contributed by atoms with van der Waals surface area (Å²) in [6, 6.07) is 11.4. The fourth-order valence-corrected chi connectivity index (χ4v) is 3.57. The van der Waals surface area contributed by atoms with Crippen LogP contribution in [0.5, 0.6) is 5.75 Å². The third-order valence-electron chi connectivity index (χ3n) is 5.22. The summed E-state index contributed by atoms with van der Waals surface area (Å²) in [5.41, 5.74) is 3.06. The van der Waals surface area contributed by atoms with E-state index in [0.29, 0.717) is 23.9 Å². The van der Waals surface area contributed by atoms with Gasteiger partial charge in [0.05, 0.1) is 24.7 Å². The minimum atomic E-state index is -0.298. The van der Waals surface area contributed by atoms with Crippen molar-refractivity contribution in [3.05, 3.63) is 66.2 Å². The van der Waals surface area contributed by atoms with Gasteiger partial charge >= 0.3 is 0 Å². The summed E-state index contributed by atoms with van der Waals surface area (Å²) in [5.74, 6) is 0.940. The van der Waals surface area contributed by atoms with E-state index in [4.69, 9.17) is 4.74 Å². The first kappa shape index (κ1) is 21.5. The van der Waals surface area contributed by atoms with Crippen LogP contribution in [0.4, 0.5) is 17.3 Å². The highest BCUT2D eigenvalue weighted by molar-refractivity contribution is 6.04. The van der Waals surface area contributed by atoms with Crippen molar-refractivity contribution >= 4 is 23.2 Å². The second-order valence-corrected chi connectivity index (χ2v) is 7.38. The number of benzene rings is 1. The number of ether oxygens (including phenoxy) is 1. The third kappa shape index (κ3) is 5.50. The first-order chi connectivity index (χ1) is 15.7. The van der Waals surface area contributed by atoms with Gasteiger partial charge in [0.15, 0.2) is 0 Å². The average Bonchev–Trinajstić information content (AvgIpc) is 2.85. The number of piperazine rings is 1. The van der Waals surface area contributed by atoms with Crippen LogP contribution in [0.1, 0.15) is 16.1 Å². The molecule has 0 spiro atoms. The van der Waals surface area contributed by atoms with Gasteiger partial charge in [-0.25, -0.2) is 9.97 Å². The lowest BCUT2D eigenvalue weighted by molar-refractivity contribution is 0.102. The molecule has 1 aliphatic heterocycles. The molecule has 32 heavy (non-hydrogen) atoms. The molecular weight excluding hydrogens is 406 g/mol. The molecule has 9 heteroatoms. The van der Waals surface area contributed by atoms with Crippen LogP contribution < -0.4 is 25.6 Å². The monoisotopic (exact) mass is 433 g/mol. The summed E-state index contributed by atoms with van der Waals surface area (Å²) in [6.07, 6.45) is 5.77. The maximum absolute atomic E-state index is 12.9. The number of carbonyl (C=O) groups is 1. The highest BCUT2D eigenvalue weighted by Gasteiger charge is 2.17. The lowest BCUT2D eigenvalue weighted by Crippen LogP contribution is -2.43. The molecule has 9 nitrogen and oxygen atoms in total. The molecule has 0 aliphatic carbocycles. The summed E-state index contributed by atoms with van der Waals surface area (Å²) >= 11 is 0. The van der Waals surface area contributed by atoms with Gasteiger partial charge < -0.3 is 25.6 Å². The van der Waals surface area contributed by atoms with Crippen LogP contribution in [0.15, 0.2) is 55.0 Å². The molecule has 2 aromatic heterocycles. The van der Waals surface area contributed by atoms with Crippen molar-refractivity contribution in [1.82, 2.24) is 20.3 Å². The zero-order chi connectivity index (χ0) is 22.2. The minimum absolute atomic E-state index is 0.291. The molecule has 0 atom stereocenters. The molecule has 1 saturated heterocycles. The Labute approximate surface area is 187 Å². The molecule has 1 aliphatic rings. The maximum atomic E-state index is 12.9. The van der Waals surface area contributed by atoms with Gasteiger partial charge in [0.1, 0.15) is 11.4 Å². The Morgan fingerprint density at radius 1 is 1.19 bits per heavy atom. The highest BCUT2D eigenvalue weighted by Crippen LogP contribution is 2.25. The maximum Gasteiger partial charge on any atom is 0.274 e. The zero-order valence-corrected chi connectivity index (χ0v) is 18.0. The van der Waals surface area contributed by atoms with Gasteiger partial charge in [-0.15, -0.1) is 0 Å². The minimum Gasteiger partial charge on any atom is -0.497 e. The Kier molecular flexibility index (Phi) is 7.08. The van der Waals surface area contributed by atoms with Crippen LogP contribution in [0, 0.1) is 0 Å². The molecule has 4 rings (SSSR count). The fourth-order valence-electron chi connectivity index (χ4n) is 3.57. The summed E-state index contributed by atoms with van der Waals surface area (Å²) in [4.78, 5) is 27.9. The van der Waals surface area contributed by atoms with Gasteiger partial charge in [0, 0.05) is 45.1 Å². The predicted molar refractivity (Wildman–Crippen MR) is 124 cm³/mol. The van der Waals surface area contributed by atoms with Gasteiger partial charge in [0.25, 0.3) is 5.91 Å². The molecule has 0 radical (unpaired) electrons. The predicted octanol–water partition coefficient (Wildman–Crippen LogP) is 2.20. The van der Waals surface area contributed by atoms with Crippen molar-refractivity contribution in [2.75, 3.05) is 55.4 Å². The number of hydrogen-bond acceptors (Lipinski definition) is 8. The van der Waals surface area contributed by atoms with Gasteiger partial charge in [-0.2, -0.15) is 0 Å². The normalized spacial score (nSPS) is 13.5. The molecule has 1 aromatic carbocycles. The molecular formula is C23H27N7O2. The number of rotatable bonds is 8. The molecule has 0 saturated carbocycles. The summed E-state index contributed by atoms with van der Waals surface area (Å²) in [6.45, 7) is 4.20. The molecule has 0 unspecified atom stereocenters. The van der Waals surface area contributed by atoms with Crippen molar-refractivity contribution in [2.24, 2.45) is 0 Å². The van der Waals surface area contributed by atoms with Crippen LogP contribution in [0.2, 0.25) is 0 Å².